The van der Waals surface area contributed by atoms with Gasteiger partial charge < -0.3 is 4.57 Å². The zero-order chi connectivity index (χ0) is 25.8. The number of rotatable bonds is 7. The van der Waals surface area contributed by atoms with E-state index in [9.17, 15) is 23.6 Å². The molecule has 10 nitrogen and oxygen atoms in total. The number of carbonyl (C=O) groups excluding carboxylic acids is 2. The van der Waals surface area contributed by atoms with Gasteiger partial charge in [-0.05, 0) is 23.6 Å². The summed E-state index contributed by atoms with van der Waals surface area (Å²) >= 11 is 0. The van der Waals surface area contributed by atoms with Crippen LogP contribution in [-0.4, -0.2) is 30.5 Å². The van der Waals surface area contributed by atoms with Crippen molar-refractivity contribution in [2.45, 2.75) is 33.5 Å². The van der Waals surface area contributed by atoms with Gasteiger partial charge in [0.2, 0.25) is 0 Å². The molecule has 4 aromatic rings. The second-order valence-corrected chi connectivity index (χ2v) is 8.69. The maximum Gasteiger partial charge on any atom is 0.333 e. The molecule has 0 spiro atoms. The van der Waals surface area contributed by atoms with Crippen molar-refractivity contribution in [2.24, 2.45) is 5.92 Å². The van der Waals surface area contributed by atoms with E-state index in [1.165, 1.54) is 29.1 Å². The highest BCUT2D eigenvalue weighted by Crippen LogP contribution is 2.12. The molecule has 2 aromatic carbocycles. The molecular formula is C25H25FN6O4. The third kappa shape index (κ3) is 5.09. The Morgan fingerprint density at radius 3 is 2.36 bits per heavy atom. The fourth-order valence-electron chi connectivity index (χ4n) is 3.84. The topological polar surface area (TPSA) is 120 Å². The molecule has 0 radical (unpaired) electrons. The summed E-state index contributed by atoms with van der Waals surface area (Å²) in [7, 11) is 0. The van der Waals surface area contributed by atoms with E-state index in [1.807, 2.05) is 44.2 Å². The lowest BCUT2D eigenvalue weighted by molar-refractivity contribution is -0.122. The first-order chi connectivity index (χ1) is 17.3. The second-order valence-electron chi connectivity index (χ2n) is 8.69. The number of hydrazine groups is 1. The Bertz CT molecular complexity index is 1540. The Morgan fingerprint density at radius 2 is 1.67 bits per heavy atom. The summed E-state index contributed by atoms with van der Waals surface area (Å²) in [6.07, 6.45) is 1.51. The number of amides is 2. The smallest absolute Gasteiger partial charge is 0.324 e. The van der Waals surface area contributed by atoms with Crippen molar-refractivity contribution in [3.05, 3.63) is 98.7 Å². The lowest BCUT2D eigenvalue weighted by Gasteiger charge is -2.14. The van der Waals surface area contributed by atoms with Gasteiger partial charge >= 0.3 is 5.69 Å². The molecule has 0 aliphatic rings. The standard InChI is InChI=1S/C25H25FN6O4/c1-16(2)12-30-15-27-22-21(30)24(35)32(25(36)31(22)13-17-8-4-3-5-9-17)14-20(33)28-29-23(34)18-10-6-7-11-19(18)26/h3-11,15-16H,12-14H2,1-2H3,(H,28,33)(H,29,34). The molecule has 0 aliphatic heterocycles. The van der Waals surface area contributed by atoms with Gasteiger partial charge in [0.15, 0.2) is 11.2 Å². The number of carbonyl (C=O) groups is 2. The summed E-state index contributed by atoms with van der Waals surface area (Å²) in [4.78, 5) is 55.8. The third-order valence-corrected chi connectivity index (χ3v) is 5.46. The van der Waals surface area contributed by atoms with E-state index >= 15 is 0 Å². The molecule has 36 heavy (non-hydrogen) atoms. The van der Waals surface area contributed by atoms with Gasteiger partial charge in [0, 0.05) is 6.54 Å². The third-order valence-electron chi connectivity index (χ3n) is 5.46. The van der Waals surface area contributed by atoms with Crippen molar-refractivity contribution in [3.63, 3.8) is 0 Å². The molecule has 0 saturated heterocycles. The molecule has 2 amide bonds. The Labute approximate surface area is 205 Å². The molecule has 0 bridgehead atoms. The normalized spacial score (nSPS) is 11.1. The quantitative estimate of drug-likeness (QED) is 0.380. The maximum absolute atomic E-state index is 13.8. The number of imidazole rings is 1. The fraction of sp³-hybridized carbons (Fsp3) is 0.240. The molecule has 2 heterocycles. The molecule has 0 atom stereocenters. The van der Waals surface area contributed by atoms with Gasteiger partial charge in [0.1, 0.15) is 12.4 Å². The van der Waals surface area contributed by atoms with Gasteiger partial charge in [0.05, 0.1) is 18.4 Å². The van der Waals surface area contributed by atoms with Crippen LogP contribution in [0.3, 0.4) is 0 Å². The molecular weight excluding hydrogens is 467 g/mol. The van der Waals surface area contributed by atoms with Crippen molar-refractivity contribution in [2.75, 3.05) is 0 Å². The number of benzene rings is 2. The van der Waals surface area contributed by atoms with Crippen LogP contribution in [0.15, 0.2) is 70.5 Å². The van der Waals surface area contributed by atoms with Crippen LogP contribution < -0.4 is 22.1 Å². The zero-order valence-electron chi connectivity index (χ0n) is 19.8. The van der Waals surface area contributed by atoms with Crippen LogP contribution in [0.4, 0.5) is 4.39 Å². The van der Waals surface area contributed by atoms with Crippen LogP contribution in [0.2, 0.25) is 0 Å². The highest BCUT2D eigenvalue weighted by Gasteiger charge is 2.21. The molecule has 11 heteroatoms. The molecule has 186 valence electrons. The van der Waals surface area contributed by atoms with Crippen LogP contribution in [-0.2, 0) is 24.4 Å². The molecule has 0 fully saturated rings. The van der Waals surface area contributed by atoms with Crippen LogP contribution in [0, 0.1) is 11.7 Å². The van der Waals surface area contributed by atoms with Gasteiger partial charge in [-0.1, -0.05) is 56.3 Å². The number of hydrogen-bond donors (Lipinski definition) is 2. The lowest BCUT2D eigenvalue weighted by Crippen LogP contribution is -2.48. The monoisotopic (exact) mass is 492 g/mol. The lowest BCUT2D eigenvalue weighted by atomic mass is 10.2. The summed E-state index contributed by atoms with van der Waals surface area (Å²) in [5.41, 5.74) is 3.81. The van der Waals surface area contributed by atoms with E-state index in [0.29, 0.717) is 6.54 Å². The summed E-state index contributed by atoms with van der Waals surface area (Å²) < 4.78 is 17.6. The predicted octanol–water partition coefficient (Wildman–Crippen LogP) is 1.66. The highest BCUT2D eigenvalue weighted by atomic mass is 19.1. The number of halogens is 1. The number of hydrogen-bond acceptors (Lipinski definition) is 5. The summed E-state index contributed by atoms with van der Waals surface area (Å²) in [6, 6.07) is 14.5. The predicted molar refractivity (Wildman–Crippen MR) is 131 cm³/mol. The van der Waals surface area contributed by atoms with Crippen molar-refractivity contribution in [1.29, 1.82) is 0 Å². The first kappa shape index (κ1) is 24.6. The Kier molecular flexibility index (Phi) is 7.09. The van der Waals surface area contributed by atoms with Gasteiger partial charge in [-0.25, -0.2) is 18.7 Å². The van der Waals surface area contributed by atoms with Crippen molar-refractivity contribution < 1.29 is 14.0 Å². The second kappa shape index (κ2) is 10.4. The maximum atomic E-state index is 13.8. The molecule has 0 unspecified atom stereocenters. The van der Waals surface area contributed by atoms with E-state index in [4.69, 9.17) is 0 Å². The van der Waals surface area contributed by atoms with Crippen LogP contribution in [0.5, 0.6) is 0 Å². The summed E-state index contributed by atoms with van der Waals surface area (Å²) in [5, 5.41) is 0. The van der Waals surface area contributed by atoms with Gasteiger partial charge in [-0.3, -0.25) is 29.8 Å². The van der Waals surface area contributed by atoms with Crippen molar-refractivity contribution in [1.82, 2.24) is 29.5 Å². The van der Waals surface area contributed by atoms with E-state index in [0.717, 1.165) is 16.2 Å². The molecule has 0 saturated carbocycles. The van der Waals surface area contributed by atoms with E-state index in [1.54, 1.807) is 4.57 Å². The Balaban J connectivity index is 1.67. The van der Waals surface area contributed by atoms with Crippen molar-refractivity contribution in [3.8, 4) is 0 Å². The minimum atomic E-state index is -0.874. The van der Waals surface area contributed by atoms with Gasteiger partial charge in [0.25, 0.3) is 17.4 Å². The van der Waals surface area contributed by atoms with Gasteiger partial charge in [-0.2, -0.15) is 0 Å². The number of fused-ring (bicyclic) bond motifs is 1. The number of aromatic nitrogens is 4. The zero-order valence-corrected chi connectivity index (χ0v) is 19.8. The van der Waals surface area contributed by atoms with Crippen LogP contribution in [0.25, 0.3) is 11.2 Å². The first-order valence-electron chi connectivity index (χ1n) is 11.3. The SMILES string of the molecule is CC(C)Cn1cnc2c1c(=O)n(CC(=O)NNC(=O)c1ccccc1F)c(=O)n2Cc1ccccc1. The molecule has 2 aromatic heterocycles. The molecule has 4 rings (SSSR count). The first-order valence-corrected chi connectivity index (χ1v) is 11.3. The fourth-order valence-corrected chi connectivity index (χ4v) is 3.84. The van der Waals surface area contributed by atoms with E-state index < -0.39 is 35.4 Å². The van der Waals surface area contributed by atoms with Crippen molar-refractivity contribution >= 4 is 23.0 Å². The van der Waals surface area contributed by atoms with Crippen LogP contribution in [0.1, 0.15) is 29.8 Å². The number of nitrogens with one attached hydrogen (secondary N) is 2. The largest absolute Gasteiger partial charge is 0.333 e. The average molecular weight is 493 g/mol. The summed E-state index contributed by atoms with van der Waals surface area (Å²) in [5.74, 6) is -2.27. The highest BCUT2D eigenvalue weighted by molar-refractivity contribution is 5.95. The van der Waals surface area contributed by atoms with E-state index in [-0.39, 0.29) is 29.2 Å². The van der Waals surface area contributed by atoms with Gasteiger partial charge in [-0.15, -0.1) is 0 Å². The number of nitrogens with zero attached hydrogens (tertiary/aromatic N) is 4. The minimum Gasteiger partial charge on any atom is -0.324 e. The molecule has 0 aliphatic carbocycles. The average Bonchev–Trinajstić information content (AvgIpc) is 3.26. The Morgan fingerprint density at radius 1 is 0.972 bits per heavy atom. The molecule has 2 N–H and O–H groups in total. The van der Waals surface area contributed by atoms with E-state index in [2.05, 4.69) is 15.8 Å². The summed E-state index contributed by atoms with van der Waals surface area (Å²) in [6.45, 7) is 3.93. The Hall–Kier alpha value is -4.54. The van der Waals surface area contributed by atoms with Crippen LogP contribution >= 0.6 is 0 Å². The minimum absolute atomic E-state index is 0.140.